The lowest BCUT2D eigenvalue weighted by atomic mass is 10.2. The number of nitrogens with one attached hydrogen (secondary N) is 1. The highest BCUT2D eigenvalue weighted by atomic mass is 19.1. The Bertz CT molecular complexity index is 679. The van der Waals surface area contributed by atoms with E-state index in [4.69, 9.17) is 0 Å². The minimum atomic E-state index is -0.295. The molecule has 2 heterocycles. The quantitative estimate of drug-likeness (QED) is 0.909. The van der Waals surface area contributed by atoms with Crippen molar-refractivity contribution in [2.45, 2.75) is 6.54 Å². The molecule has 110 valence electrons. The van der Waals surface area contributed by atoms with Gasteiger partial charge in [-0.05, 0) is 17.7 Å². The van der Waals surface area contributed by atoms with Gasteiger partial charge in [-0.15, -0.1) is 0 Å². The predicted octanol–water partition coefficient (Wildman–Crippen LogP) is 0.840. The maximum Gasteiger partial charge on any atom is 0.293 e. The van der Waals surface area contributed by atoms with Crippen LogP contribution in [0.4, 0.5) is 10.2 Å². The van der Waals surface area contributed by atoms with Crippen LogP contribution in [0.2, 0.25) is 0 Å². The summed E-state index contributed by atoms with van der Waals surface area (Å²) in [5, 5.41) is 3.24. The Morgan fingerprint density at radius 3 is 2.86 bits per heavy atom. The van der Waals surface area contributed by atoms with Crippen LogP contribution >= 0.6 is 0 Å². The minimum Gasteiger partial charge on any atom is -0.349 e. The van der Waals surface area contributed by atoms with Crippen molar-refractivity contribution in [1.29, 1.82) is 0 Å². The second-order valence-electron chi connectivity index (χ2n) is 5.05. The van der Waals surface area contributed by atoms with Crippen LogP contribution in [-0.2, 0) is 6.54 Å². The second kappa shape index (κ2) is 6.05. The van der Waals surface area contributed by atoms with Crippen molar-refractivity contribution in [3.05, 3.63) is 58.4 Å². The van der Waals surface area contributed by atoms with Gasteiger partial charge in [-0.2, -0.15) is 0 Å². The Balaban J connectivity index is 1.88. The number of hydrogen-bond acceptors (Lipinski definition) is 4. The number of rotatable bonds is 3. The van der Waals surface area contributed by atoms with Gasteiger partial charge < -0.3 is 14.8 Å². The molecule has 5 nitrogen and oxygen atoms in total. The molecule has 2 aromatic rings. The Morgan fingerprint density at radius 2 is 2.10 bits per heavy atom. The molecule has 0 saturated carbocycles. The summed E-state index contributed by atoms with van der Waals surface area (Å²) >= 11 is 0. The molecule has 3 rings (SSSR count). The second-order valence-corrected chi connectivity index (χ2v) is 5.05. The van der Waals surface area contributed by atoms with Crippen LogP contribution in [0.25, 0.3) is 0 Å². The number of hydrogen-bond donors (Lipinski definition) is 1. The lowest BCUT2D eigenvalue weighted by Gasteiger charge is -2.27. The van der Waals surface area contributed by atoms with E-state index in [1.165, 1.54) is 12.1 Å². The summed E-state index contributed by atoms with van der Waals surface area (Å²) in [7, 11) is 0. The average molecular weight is 288 g/mol. The Morgan fingerprint density at radius 1 is 1.29 bits per heavy atom. The fourth-order valence-corrected chi connectivity index (χ4v) is 2.49. The van der Waals surface area contributed by atoms with E-state index >= 15 is 0 Å². The van der Waals surface area contributed by atoms with E-state index in [0.29, 0.717) is 12.4 Å². The molecule has 21 heavy (non-hydrogen) atoms. The number of piperazine rings is 1. The molecule has 1 aliphatic rings. The van der Waals surface area contributed by atoms with Crippen molar-refractivity contribution < 1.29 is 4.39 Å². The first kappa shape index (κ1) is 13.8. The summed E-state index contributed by atoms with van der Waals surface area (Å²) in [6.45, 7) is 3.58. The lowest BCUT2D eigenvalue weighted by Crippen LogP contribution is -2.46. The third-order valence-corrected chi connectivity index (χ3v) is 3.55. The molecular formula is C15H17FN4O. The van der Waals surface area contributed by atoms with Crippen LogP contribution in [0.15, 0.2) is 41.5 Å². The topological polar surface area (TPSA) is 50.2 Å². The third kappa shape index (κ3) is 3.11. The summed E-state index contributed by atoms with van der Waals surface area (Å²) in [4.78, 5) is 18.7. The third-order valence-electron chi connectivity index (χ3n) is 3.55. The highest BCUT2D eigenvalue weighted by Crippen LogP contribution is 2.07. The van der Waals surface area contributed by atoms with Gasteiger partial charge in [0.25, 0.3) is 5.56 Å². The van der Waals surface area contributed by atoms with Gasteiger partial charge in [-0.25, -0.2) is 9.37 Å². The smallest absolute Gasteiger partial charge is 0.293 e. The maximum atomic E-state index is 13.2. The molecule has 1 aromatic carbocycles. The van der Waals surface area contributed by atoms with E-state index in [2.05, 4.69) is 10.3 Å². The first-order valence-electron chi connectivity index (χ1n) is 6.99. The molecule has 0 aliphatic carbocycles. The first-order chi connectivity index (χ1) is 10.2. The van der Waals surface area contributed by atoms with Crippen molar-refractivity contribution in [3.63, 3.8) is 0 Å². The predicted molar refractivity (Wildman–Crippen MR) is 79.1 cm³/mol. The van der Waals surface area contributed by atoms with Crippen LogP contribution in [-0.4, -0.2) is 35.7 Å². The van der Waals surface area contributed by atoms with Gasteiger partial charge >= 0.3 is 0 Å². The van der Waals surface area contributed by atoms with E-state index < -0.39 is 0 Å². The molecule has 0 atom stereocenters. The van der Waals surface area contributed by atoms with Crippen molar-refractivity contribution in [3.8, 4) is 0 Å². The number of halogens is 1. The highest BCUT2D eigenvalue weighted by molar-refractivity contribution is 5.36. The van der Waals surface area contributed by atoms with E-state index in [1.54, 1.807) is 29.1 Å². The highest BCUT2D eigenvalue weighted by Gasteiger charge is 2.16. The largest absolute Gasteiger partial charge is 0.349 e. The zero-order valence-corrected chi connectivity index (χ0v) is 11.6. The standard InChI is InChI=1S/C15H17FN4O/c16-13-3-1-2-12(10-13)11-20-9-6-18-14(15(20)21)19-7-4-17-5-8-19/h1-3,6,9-10,17H,4-5,7-8,11H2. The first-order valence-corrected chi connectivity index (χ1v) is 6.99. The summed E-state index contributed by atoms with van der Waals surface area (Å²) in [5.41, 5.74) is 0.623. The van der Waals surface area contributed by atoms with Gasteiger partial charge in [0.1, 0.15) is 5.82 Å². The number of anilines is 1. The molecule has 0 bridgehead atoms. The van der Waals surface area contributed by atoms with Gasteiger partial charge in [0.05, 0.1) is 6.54 Å². The summed E-state index contributed by atoms with van der Waals surface area (Å²) < 4.78 is 14.8. The number of benzene rings is 1. The molecule has 0 unspecified atom stereocenters. The van der Waals surface area contributed by atoms with E-state index in [-0.39, 0.29) is 11.4 Å². The van der Waals surface area contributed by atoms with Crippen LogP contribution in [0.3, 0.4) is 0 Å². The molecule has 1 N–H and O–H groups in total. The van der Waals surface area contributed by atoms with Crippen molar-refractivity contribution in [1.82, 2.24) is 14.9 Å². The molecule has 0 amide bonds. The fraction of sp³-hybridized carbons (Fsp3) is 0.333. The Labute approximate surface area is 122 Å². The molecule has 0 radical (unpaired) electrons. The molecular weight excluding hydrogens is 271 g/mol. The van der Waals surface area contributed by atoms with Crippen LogP contribution < -0.4 is 15.8 Å². The molecule has 1 aromatic heterocycles. The van der Waals surface area contributed by atoms with Gasteiger partial charge in [0, 0.05) is 38.6 Å². The Hall–Kier alpha value is -2.21. The van der Waals surface area contributed by atoms with E-state index in [9.17, 15) is 9.18 Å². The van der Waals surface area contributed by atoms with Gasteiger partial charge in [0.15, 0.2) is 5.82 Å². The molecule has 1 aliphatic heterocycles. The molecule has 1 saturated heterocycles. The SMILES string of the molecule is O=c1c(N2CCNCC2)nccn1Cc1cccc(F)c1. The van der Waals surface area contributed by atoms with Crippen molar-refractivity contribution >= 4 is 5.82 Å². The molecule has 1 fully saturated rings. The van der Waals surface area contributed by atoms with E-state index in [1.807, 2.05) is 4.90 Å². The zero-order chi connectivity index (χ0) is 14.7. The monoisotopic (exact) mass is 288 g/mol. The van der Waals surface area contributed by atoms with Crippen molar-refractivity contribution in [2.24, 2.45) is 0 Å². The van der Waals surface area contributed by atoms with Crippen LogP contribution in [0.1, 0.15) is 5.56 Å². The average Bonchev–Trinajstić information content (AvgIpc) is 2.50. The van der Waals surface area contributed by atoms with E-state index in [0.717, 1.165) is 31.7 Å². The fourth-order valence-electron chi connectivity index (χ4n) is 2.49. The molecule has 6 heteroatoms. The van der Waals surface area contributed by atoms with Gasteiger partial charge in [0.2, 0.25) is 0 Å². The normalized spacial score (nSPS) is 15.2. The number of aromatic nitrogens is 2. The Kier molecular flexibility index (Phi) is 3.96. The van der Waals surface area contributed by atoms with Gasteiger partial charge in [-0.3, -0.25) is 4.79 Å². The summed E-state index contributed by atoms with van der Waals surface area (Å²) in [6, 6.07) is 6.29. The van der Waals surface area contributed by atoms with Crippen molar-refractivity contribution in [2.75, 3.05) is 31.1 Å². The lowest BCUT2D eigenvalue weighted by molar-refractivity contribution is 0.578. The molecule has 0 spiro atoms. The van der Waals surface area contributed by atoms with Crippen LogP contribution in [0.5, 0.6) is 0 Å². The summed E-state index contributed by atoms with van der Waals surface area (Å²) in [5.74, 6) is 0.173. The van der Waals surface area contributed by atoms with Gasteiger partial charge in [-0.1, -0.05) is 12.1 Å². The van der Waals surface area contributed by atoms with Crippen LogP contribution in [0, 0.1) is 5.82 Å². The number of nitrogens with zero attached hydrogens (tertiary/aromatic N) is 3. The summed E-state index contributed by atoms with van der Waals surface area (Å²) in [6.07, 6.45) is 3.26. The zero-order valence-electron chi connectivity index (χ0n) is 11.6. The maximum absolute atomic E-state index is 13.2. The minimum absolute atomic E-state index is 0.135.